The van der Waals surface area contributed by atoms with Gasteiger partial charge in [0.25, 0.3) is 0 Å². The topological polar surface area (TPSA) is 35.5 Å². The Morgan fingerprint density at radius 1 is 1.29 bits per heavy atom. The quantitative estimate of drug-likeness (QED) is 0.508. The molecular formula is C10H22O3Si. The molecule has 3 nitrogen and oxygen atoms in total. The zero-order valence-corrected chi connectivity index (χ0v) is 10.9. The molecule has 1 atom stereocenters. The van der Waals surface area contributed by atoms with Gasteiger partial charge < -0.3 is 9.16 Å². The van der Waals surface area contributed by atoms with E-state index in [0.29, 0.717) is 13.0 Å². The third-order valence-electron chi connectivity index (χ3n) is 1.68. The van der Waals surface area contributed by atoms with E-state index in [1.54, 1.807) is 0 Å². The summed E-state index contributed by atoms with van der Waals surface area (Å²) in [6.07, 6.45) is 1.28. The second-order valence-corrected chi connectivity index (χ2v) is 8.73. The molecule has 0 rings (SSSR count). The molecule has 0 aromatic carbocycles. The minimum atomic E-state index is -1.54. The summed E-state index contributed by atoms with van der Waals surface area (Å²) < 4.78 is 10.7. The Hall–Kier alpha value is -0.353. The van der Waals surface area contributed by atoms with Crippen molar-refractivity contribution >= 4 is 14.3 Å². The molecule has 0 radical (unpaired) electrons. The van der Waals surface area contributed by atoms with Crippen molar-refractivity contribution in [3.63, 3.8) is 0 Å². The third-order valence-corrected chi connectivity index (χ3v) is 2.72. The van der Waals surface area contributed by atoms with Crippen molar-refractivity contribution in [2.24, 2.45) is 0 Å². The van der Waals surface area contributed by atoms with E-state index in [1.165, 1.54) is 0 Å². The normalized spacial score (nSPS) is 13.8. The predicted octanol–water partition coefficient (Wildman–Crippen LogP) is 2.57. The highest BCUT2D eigenvalue weighted by Crippen LogP contribution is 2.13. The van der Waals surface area contributed by atoms with E-state index in [4.69, 9.17) is 9.16 Å². The molecule has 0 aliphatic heterocycles. The molecule has 0 bridgehead atoms. The summed E-state index contributed by atoms with van der Waals surface area (Å²) in [6, 6.07) is 0. The van der Waals surface area contributed by atoms with Crippen LogP contribution in [0.2, 0.25) is 19.6 Å². The van der Waals surface area contributed by atoms with Crippen LogP contribution < -0.4 is 0 Å². The molecule has 0 aromatic rings. The zero-order valence-electron chi connectivity index (χ0n) is 9.92. The van der Waals surface area contributed by atoms with Crippen LogP contribution in [0, 0.1) is 0 Å². The molecule has 0 saturated heterocycles. The van der Waals surface area contributed by atoms with Gasteiger partial charge in [-0.25, -0.2) is 0 Å². The highest BCUT2D eigenvalue weighted by atomic mass is 28.4. The van der Waals surface area contributed by atoms with Crippen LogP contribution in [0.15, 0.2) is 0 Å². The first-order valence-electron chi connectivity index (χ1n) is 5.22. The Bertz CT molecular complexity index is 175. The van der Waals surface area contributed by atoms with E-state index in [0.717, 1.165) is 6.42 Å². The van der Waals surface area contributed by atoms with Crippen LogP contribution in [0.3, 0.4) is 0 Å². The van der Waals surface area contributed by atoms with Crippen molar-refractivity contribution in [2.75, 3.05) is 6.61 Å². The van der Waals surface area contributed by atoms with Crippen LogP contribution in [-0.4, -0.2) is 27.0 Å². The number of rotatable bonds is 6. The minimum Gasteiger partial charge on any atom is -0.466 e. The first-order chi connectivity index (χ1) is 6.39. The van der Waals surface area contributed by atoms with Crippen LogP contribution in [0.5, 0.6) is 0 Å². The maximum absolute atomic E-state index is 11.2. The fourth-order valence-corrected chi connectivity index (χ4v) is 2.43. The summed E-state index contributed by atoms with van der Waals surface area (Å²) in [6.45, 7) is 10.7. The zero-order chi connectivity index (χ0) is 11.2. The molecule has 0 spiro atoms. The minimum absolute atomic E-state index is 0.0284. The van der Waals surface area contributed by atoms with E-state index in [-0.39, 0.29) is 12.1 Å². The number of carbonyl (C=O) groups is 1. The van der Waals surface area contributed by atoms with Crippen LogP contribution in [-0.2, 0) is 14.0 Å². The smallest absolute Gasteiger partial charge is 0.308 e. The summed E-state index contributed by atoms with van der Waals surface area (Å²) in [4.78, 5) is 11.2. The predicted molar refractivity (Wildman–Crippen MR) is 59.8 cm³/mol. The first-order valence-corrected chi connectivity index (χ1v) is 8.63. The van der Waals surface area contributed by atoms with Crippen LogP contribution in [0.1, 0.15) is 26.7 Å². The SMILES string of the molecule is CCOC(=O)C[C@H](CC)O[Si](C)(C)C. The average molecular weight is 218 g/mol. The third kappa shape index (κ3) is 7.09. The molecule has 0 saturated carbocycles. The standard InChI is InChI=1S/C10H22O3Si/c1-6-9(13-14(3,4)5)8-10(11)12-7-2/h9H,6-8H2,1-5H3/t9-/m0/s1. The van der Waals surface area contributed by atoms with E-state index in [9.17, 15) is 4.79 Å². The lowest BCUT2D eigenvalue weighted by molar-refractivity contribution is -0.145. The maximum Gasteiger partial charge on any atom is 0.308 e. The van der Waals surface area contributed by atoms with Crippen LogP contribution in [0.4, 0.5) is 0 Å². The molecule has 0 aliphatic rings. The molecular weight excluding hydrogens is 196 g/mol. The van der Waals surface area contributed by atoms with Crippen molar-refractivity contribution < 1.29 is 14.0 Å². The van der Waals surface area contributed by atoms with Gasteiger partial charge in [-0.2, -0.15) is 0 Å². The lowest BCUT2D eigenvalue weighted by atomic mass is 10.2. The molecule has 0 aromatic heterocycles. The highest BCUT2D eigenvalue weighted by Gasteiger charge is 2.22. The summed E-state index contributed by atoms with van der Waals surface area (Å²) >= 11 is 0. The summed E-state index contributed by atoms with van der Waals surface area (Å²) in [5, 5.41) is 0. The largest absolute Gasteiger partial charge is 0.466 e. The average Bonchev–Trinajstić information content (AvgIpc) is 2.01. The van der Waals surface area contributed by atoms with Gasteiger partial charge >= 0.3 is 5.97 Å². The van der Waals surface area contributed by atoms with Gasteiger partial charge in [-0.05, 0) is 33.0 Å². The second-order valence-electron chi connectivity index (χ2n) is 4.27. The second kappa shape index (κ2) is 6.19. The molecule has 14 heavy (non-hydrogen) atoms. The Morgan fingerprint density at radius 2 is 1.86 bits per heavy atom. The first kappa shape index (κ1) is 13.6. The van der Waals surface area contributed by atoms with Crippen LogP contribution >= 0.6 is 0 Å². The molecule has 0 fully saturated rings. The fraction of sp³-hybridized carbons (Fsp3) is 0.900. The summed E-state index contributed by atoms with van der Waals surface area (Å²) in [5.74, 6) is -0.155. The number of carbonyl (C=O) groups excluding carboxylic acids is 1. The van der Waals surface area contributed by atoms with E-state index in [1.807, 2.05) is 13.8 Å². The molecule has 0 N–H and O–H groups in total. The van der Waals surface area contributed by atoms with Gasteiger partial charge in [0.05, 0.1) is 19.1 Å². The molecule has 84 valence electrons. The molecule has 0 heterocycles. The molecule has 0 unspecified atom stereocenters. The fourth-order valence-electron chi connectivity index (χ4n) is 1.18. The Morgan fingerprint density at radius 3 is 2.21 bits per heavy atom. The van der Waals surface area contributed by atoms with Crippen molar-refractivity contribution in [1.82, 2.24) is 0 Å². The van der Waals surface area contributed by atoms with Crippen molar-refractivity contribution in [1.29, 1.82) is 0 Å². The van der Waals surface area contributed by atoms with Gasteiger partial charge in [0, 0.05) is 0 Å². The Balaban J connectivity index is 3.97. The molecule has 0 amide bonds. The molecule has 4 heteroatoms. The number of ether oxygens (including phenoxy) is 1. The Kier molecular flexibility index (Phi) is 6.03. The monoisotopic (exact) mass is 218 g/mol. The van der Waals surface area contributed by atoms with Crippen molar-refractivity contribution in [3.8, 4) is 0 Å². The van der Waals surface area contributed by atoms with Gasteiger partial charge in [-0.15, -0.1) is 0 Å². The van der Waals surface area contributed by atoms with E-state index in [2.05, 4.69) is 19.6 Å². The molecule has 0 aliphatic carbocycles. The van der Waals surface area contributed by atoms with E-state index >= 15 is 0 Å². The summed E-state index contributed by atoms with van der Waals surface area (Å²) in [5.41, 5.74) is 0. The van der Waals surface area contributed by atoms with Gasteiger partial charge in [0.15, 0.2) is 8.32 Å². The van der Waals surface area contributed by atoms with Crippen molar-refractivity contribution in [2.45, 2.75) is 52.4 Å². The lowest BCUT2D eigenvalue weighted by Crippen LogP contribution is -2.33. The van der Waals surface area contributed by atoms with Gasteiger partial charge in [-0.3, -0.25) is 4.79 Å². The van der Waals surface area contributed by atoms with Gasteiger partial charge in [0.1, 0.15) is 0 Å². The lowest BCUT2D eigenvalue weighted by Gasteiger charge is -2.24. The highest BCUT2D eigenvalue weighted by molar-refractivity contribution is 6.69. The number of hydrogen-bond donors (Lipinski definition) is 0. The Labute approximate surface area is 87.9 Å². The van der Waals surface area contributed by atoms with Gasteiger partial charge in [-0.1, -0.05) is 6.92 Å². The maximum atomic E-state index is 11.2. The van der Waals surface area contributed by atoms with Crippen molar-refractivity contribution in [3.05, 3.63) is 0 Å². The van der Waals surface area contributed by atoms with Crippen LogP contribution in [0.25, 0.3) is 0 Å². The van der Waals surface area contributed by atoms with Gasteiger partial charge in [0.2, 0.25) is 0 Å². The number of hydrogen-bond acceptors (Lipinski definition) is 3. The number of esters is 1. The van der Waals surface area contributed by atoms with E-state index < -0.39 is 8.32 Å². The summed E-state index contributed by atoms with van der Waals surface area (Å²) in [7, 11) is -1.54.